The van der Waals surface area contributed by atoms with E-state index in [1.807, 2.05) is 71.3 Å². The zero-order valence-electron chi connectivity index (χ0n) is 13.2. The van der Waals surface area contributed by atoms with Gasteiger partial charge >= 0.3 is 158 Å². The summed E-state index contributed by atoms with van der Waals surface area (Å²) in [5.74, 6) is 0.725. The van der Waals surface area contributed by atoms with Gasteiger partial charge in [-0.3, -0.25) is 0 Å². The van der Waals surface area contributed by atoms with Crippen molar-refractivity contribution in [1.82, 2.24) is 14.4 Å². The van der Waals surface area contributed by atoms with Crippen LogP contribution >= 0.6 is 15.9 Å². The van der Waals surface area contributed by atoms with Gasteiger partial charge in [-0.05, 0) is 0 Å². The van der Waals surface area contributed by atoms with Crippen molar-refractivity contribution in [3.8, 4) is 11.5 Å². The summed E-state index contributed by atoms with van der Waals surface area (Å²) in [6, 6.07) is 19.5. The molecule has 0 amide bonds. The normalized spacial score (nSPS) is 12.4. The quantitative estimate of drug-likeness (QED) is 0.439. The number of pyridine rings is 2. The monoisotopic (exact) mass is 459 g/mol. The van der Waals surface area contributed by atoms with Gasteiger partial charge in [-0.25, -0.2) is 0 Å². The van der Waals surface area contributed by atoms with Crippen LogP contribution in [0.25, 0.3) is 17.0 Å². The van der Waals surface area contributed by atoms with E-state index >= 15 is 0 Å². The fourth-order valence-electron chi connectivity index (χ4n) is 2.68. The van der Waals surface area contributed by atoms with Gasteiger partial charge in [0.15, 0.2) is 0 Å². The summed E-state index contributed by atoms with van der Waals surface area (Å²) in [5, 5.41) is 0.505. The second-order valence-electron chi connectivity index (χ2n) is 5.49. The maximum absolute atomic E-state index is 13.1. The molecule has 1 aromatic carbocycles. The number of imidazole rings is 1. The van der Waals surface area contributed by atoms with Crippen LogP contribution in [0.4, 0.5) is 0 Å². The minimum atomic E-state index is -2.35. The van der Waals surface area contributed by atoms with E-state index in [2.05, 4.69) is 20.9 Å². The number of fused-ring (bicyclic) bond motifs is 1. The first-order valence-corrected chi connectivity index (χ1v) is 11.3. The SMILES string of the molecule is O=[Se](Cc1ccccc1Br)c1nc(-c2ccccn2)n2ccccc12. The topological polar surface area (TPSA) is 47.3 Å². The second kappa shape index (κ2) is 7.00. The van der Waals surface area contributed by atoms with Crippen molar-refractivity contribution in [2.45, 2.75) is 5.32 Å². The number of hydrogen-bond donors (Lipinski definition) is 0. The van der Waals surface area contributed by atoms with Gasteiger partial charge in [-0.1, -0.05) is 0 Å². The molecule has 3 heterocycles. The molecule has 0 N–H and O–H groups in total. The summed E-state index contributed by atoms with van der Waals surface area (Å²) in [7, 11) is 0. The molecule has 0 bridgehead atoms. The van der Waals surface area contributed by atoms with Gasteiger partial charge in [0.2, 0.25) is 0 Å². The average molecular weight is 459 g/mol. The first kappa shape index (κ1) is 16.3. The molecule has 0 fully saturated rings. The van der Waals surface area contributed by atoms with E-state index in [0.717, 1.165) is 27.1 Å². The van der Waals surface area contributed by atoms with Crippen LogP contribution in [0.1, 0.15) is 5.56 Å². The number of nitrogens with zero attached hydrogens (tertiary/aromatic N) is 3. The van der Waals surface area contributed by atoms with Crippen molar-refractivity contribution in [3.05, 3.63) is 83.1 Å². The van der Waals surface area contributed by atoms with Crippen molar-refractivity contribution in [3.63, 3.8) is 0 Å². The van der Waals surface area contributed by atoms with E-state index in [4.69, 9.17) is 4.98 Å². The summed E-state index contributed by atoms with van der Waals surface area (Å²) in [6.45, 7) is 0. The van der Waals surface area contributed by atoms with Crippen LogP contribution in [0.15, 0.2) is 77.5 Å². The van der Waals surface area contributed by atoms with Crippen LogP contribution in [0.2, 0.25) is 0 Å². The second-order valence-corrected chi connectivity index (χ2v) is 9.21. The molecule has 25 heavy (non-hydrogen) atoms. The predicted molar refractivity (Wildman–Crippen MR) is 102 cm³/mol. The van der Waals surface area contributed by atoms with Crippen LogP contribution in [-0.2, 0) is 9.15 Å². The van der Waals surface area contributed by atoms with Crippen molar-refractivity contribution in [2.75, 3.05) is 0 Å². The molecule has 0 aliphatic heterocycles. The molecule has 0 aliphatic rings. The molecule has 4 rings (SSSR count). The zero-order valence-corrected chi connectivity index (χ0v) is 16.5. The van der Waals surface area contributed by atoms with Crippen LogP contribution in [-0.4, -0.2) is 28.2 Å². The van der Waals surface area contributed by atoms with Gasteiger partial charge in [-0.2, -0.15) is 0 Å². The molecule has 4 nitrogen and oxygen atoms in total. The van der Waals surface area contributed by atoms with Gasteiger partial charge < -0.3 is 0 Å². The molecule has 124 valence electrons. The summed E-state index contributed by atoms with van der Waals surface area (Å²) in [4.78, 5) is 9.10. The Balaban J connectivity index is 1.80. The Morgan fingerprint density at radius 3 is 2.60 bits per heavy atom. The maximum atomic E-state index is 13.1. The number of hydrogen-bond acceptors (Lipinski definition) is 3. The van der Waals surface area contributed by atoms with Crippen LogP contribution < -0.4 is 4.59 Å². The molecule has 0 aliphatic carbocycles. The third kappa shape index (κ3) is 3.21. The molecule has 1 unspecified atom stereocenters. The summed E-state index contributed by atoms with van der Waals surface area (Å²) in [6.07, 6.45) is 3.68. The van der Waals surface area contributed by atoms with E-state index < -0.39 is 13.8 Å². The van der Waals surface area contributed by atoms with E-state index in [1.165, 1.54) is 0 Å². The van der Waals surface area contributed by atoms with Crippen molar-refractivity contribution < 1.29 is 3.83 Å². The third-order valence-corrected chi connectivity index (χ3v) is 7.38. The molecular formula is C19H14BrN3OSe. The Hall–Kier alpha value is -2.14. The zero-order chi connectivity index (χ0) is 17.2. The molecule has 1 atom stereocenters. The molecule has 0 saturated heterocycles. The molecule has 3 aromatic heterocycles. The molecule has 4 aromatic rings. The molecule has 6 heteroatoms. The first-order chi connectivity index (χ1) is 12.2. The average Bonchev–Trinajstić information content (AvgIpc) is 3.04. The number of aromatic nitrogens is 3. The Bertz CT molecular complexity index is 1060. The summed E-state index contributed by atoms with van der Waals surface area (Å²) in [5.41, 5.74) is 2.70. The van der Waals surface area contributed by atoms with Crippen LogP contribution in [0, 0.1) is 0 Å². The van der Waals surface area contributed by atoms with Gasteiger partial charge in [0.05, 0.1) is 0 Å². The van der Waals surface area contributed by atoms with E-state index in [1.54, 1.807) is 6.20 Å². The van der Waals surface area contributed by atoms with E-state index in [-0.39, 0.29) is 0 Å². The van der Waals surface area contributed by atoms with Gasteiger partial charge in [-0.15, -0.1) is 0 Å². The van der Waals surface area contributed by atoms with Gasteiger partial charge in [0, 0.05) is 0 Å². The fourth-order valence-corrected chi connectivity index (χ4v) is 6.16. The third-order valence-electron chi connectivity index (χ3n) is 3.87. The van der Waals surface area contributed by atoms with Crippen LogP contribution in [0.3, 0.4) is 0 Å². The number of halogens is 1. The van der Waals surface area contributed by atoms with Crippen molar-refractivity contribution in [1.29, 1.82) is 0 Å². The number of rotatable bonds is 4. The Morgan fingerprint density at radius 1 is 1.00 bits per heavy atom. The first-order valence-electron chi connectivity index (χ1n) is 7.74. The molecular weight excluding hydrogens is 445 g/mol. The minimum absolute atomic E-state index is 0.505. The number of benzene rings is 1. The van der Waals surface area contributed by atoms with Crippen LogP contribution in [0.5, 0.6) is 0 Å². The van der Waals surface area contributed by atoms with E-state index in [0.29, 0.717) is 9.91 Å². The van der Waals surface area contributed by atoms with Crippen molar-refractivity contribution in [2.24, 2.45) is 0 Å². The van der Waals surface area contributed by atoms with Gasteiger partial charge in [0.25, 0.3) is 0 Å². The summed E-state index contributed by atoms with van der Waals surface area (Å²) >= 11 is 1.18. The molecule has 0 saturated carbocycles. The molecule has 0 radical (unpaired) electrons. The van der Waals surface area contributed by atoms with E-state index in [9.17, 15) is 3.83 Å². The fraction of sp³-hybridized carbons (Fsp3) is 0.0526. The molecule has 0 spiro atoms. The Kier molecular flexibility index (Phi) is 4.57. The Morgan fingerprint density at radius 2 is 1.80 bits per heavy atom. The Labute approximate surface area is 157 Å². The standard InChI is InChI=1S/C19H14BrN3OSe/c20-15-8-2-1-7-14(15)13-25(24)19-17-10-4-6-12-23(17)18(22-19)16-9-3-5-11-21-16/h1-12H,13H2. The van der Waals surface area contributed by atoms with Crippen molar-refractivity contribution >= 4 is 39.9 Å². The van der Waals surface area contributed by atoms with Gasteiger partial charge in [0.1, 0.15) is 0 Å². The predicted octanol–water partition coefficient (Wildman–Crippen LogP) is 3.57. The summed E-state index contributed by atoms with van der Waals surface area (Å²) < 4.78 is 16.7.